The van der Waals surface area contributed by atoms with E-state index in [2.05, 4.69) is 41.5 Å². The third-order valence-corrected chi connectivity index (χ3v) is 21.6. The van der Waals surface area contributed by atoms with E-state index in [4.69, 9.17) is 4.42 Å². The number of hydrogen-bond acceptors (Lipinski definition) is 6. The Kier molecular flexibility index (Phi) is 46.4. The van der Waals surface area contributed by atoms with Crippen LogP contribution in [0.4, 0.5) is 13.2 Å². The van der Waals surface area contributed by atoms with Crippen molar-refractivity contribution >= 4 is 41.8 Å². The molecule has 3 aromatic rings. The van der Waals surface area contributed by atoms with Crippen LogP contribution < -0.4 is 5.63 Å². The number of benzene rings is 2. The van der Waals surface area contributed by atoms with Crippen molar-refractivity contribution < 1.29 is 86.0 Å². The molecule has 0 amide bonds. The molecule has 75 heavy (non-hydrogen) atoms. The molecule has 3 rings (SSSR count). The Labute approximate surface area is 497 Å². The molecule has 0 aliphatic carbocycles. The number of rotatable bonds is 43. The standard InChI is InChI=1S/2C24H51OP.C15H7F3O4.Eu/c2*1-4-7-10-13-16-19-22-26(25,23-20-17-14-11-8-5-2)24-21-18-15-12-9-6-3;16-15(17,18)13(20)11-12(19)10-8-4-2-1-3-7(8)5-6-9(10)22-14(11)21;/h2*4-24H2,1-3H3;1-6,19H;. The van der Waals surface area contributed by atoms with E-state index in [9.17, 15) is 37.0 Å². The fourth-order valence-electron chi connectivity index (χ4n) is 10.0. The zero-order valence-corrected chi connectivity index (χ0v) is 52.8. The normalized spacial score (nSPS) is 11.8. The summed E-state index contributed by atoms with van der Waals surface area (Å²) in [5, 5.41) is 11.0. The molecule has 0 bridgehead atoms. The summed E-state index contributed by atoms with van der Waals surface area (Å²) in [6, 6.07) is 9.46. The second kappa shape index (κ2) is 46.9. The van der Waals surface area contributed by atoms with Crippen molar-refractivity contribution in [2.75, 3.05) is 37.0 Å². The van der Waals surface area contributed by atoms with Crippen LogP contribution >= 0.6 is 14.3 Å². The Balaban J connectivity index is 0.00000109. The predicted molar refractivity (Wildman–Crippen MR) is 317 cm³/mol. The molecule has 0 aliphatic rings. The zero-order chi connectivity index (χ0) is 54.8. The van der Waals surface area contributed by atoms with Crippen LogP contribution in [-0.2, 0) is 9.13 Å². The summed E-state index contributed by atoms with van der Waals surface area (Å²) in [4.78, 5) is 23.0. The van der Waals surface area contributed by atoms with Crippen molar-refractivity contribution in [3.8, 4) is 5.75 Å². The average molecular weight is 1230 g/mol. The molecule has 1 heterocycles. The molecule has 0 aliphatic heterocycles. The van der Waals surface area contributed by atoms with Crippen molar-refractivity contribution in [3.05, 3.63) is 52.4 Å². The Bertz CT molecular complexity index is 1860. The number of aromatic hydroxyl groups is 1. The smallest absolute Gasteiger partial charge is 0.455 e. The number of halogens is 3. The number of alkyl halides is 3. The van der Waals surface area contributed by atoms with Crippen molar-refractivity contribution in [2.45, 2.75) is 279 Å². The molecule has 0 unspecified atom stereocenters. The van der Waals surface area contributed by atoms with Crippen LogP contribution in [0.25, 0.3) is 21.7 Å². The Morgan fingerprint density at radius 1 is 0.453 bits per heavy atom. The predicted octanol–water partition coefficient (Wildman–Crippen LogP) is 22.3. The minimum atomic E-state index is -5.29. The first kappa shape index (κ1) is 74.2. The van der Waals surface area contributed by atoms with Gasteiger partial charge in [-0.1, -0.05) is 264 Å². The van der Waals surface area contributed by atoms with Gasteiger partial charge in [0, 0.05) is 86.3 Å². The van der Waals surface area contributed by atoms with Crippen LogP contribution in [0.5, 0.6) is 5.75 Å². The van der Waals surface area contributed by atoms with Gasteiger partial charge in [-0.2, -0.15) is 13.2 Å². The van der Waals surface area contributed by atoms with E-state index in [1.165, 1.54) is 237 Å². The first-order valence-electron chi connectivity index (χ1n) is 30.6. The number of ketones is 1. The first-order chi connectivity index (χ1) is 35.7. The van der Waals surface area contributed by atoms with Gasteiger partial charge in [0.25, 0.3) is 5.78 Å². The van der Waals surface area contributed by atoms with Gasteiger partial charge in [-0.15, -0.1) is 0 Å². The maximum absolute atomic E-state index is 13.5. The second-order valence-electron chi connectivity index (χ2n) is 21.7. The van der Waals surface area contributed by atoms with Crippen molar-refractivity contribution in [1.82, 2.24) is 0 Å². The van der Waals surface area contributed by atoms with Crippen LogP contribution in [0, 0.1) is 49.4 Å². The van der Waals surface area contributed by atoms with Gasteiger partial charge in [-0.05, 0) is 55.4 Å². The summed E-state index contributed by atoms with van der Waals surface area (Å²) in [6.45, 7) is 13.6. The maximum atomic E-state index is 13.5. The molecule has 435 valence electrons. The number of fused-ring (bicyclic) bond motifs is 3. The summed E-state index contributed by atoms with van der Waals surface area (Å²) < 4.78 is 69.4. The van der Waals surface area contributed by atoms with E-state index >= 15 is 0 Å². The van der Waals surface area contributed by atoms with Gasteiger partial charge < -0.3 is 18.7 Å². The molecule has 0 spiro atoms. The molecule has 0 atom stereocenters. The van der Waals surface area contributed by atoms with Crippen molar-refractivity contribution in [2.24, 2.45) is 0 Å². The summed E-state index contributed by atoms with van der Waals surface area (Å²) >= 11 is 0. The first-order valence-corrected chi connectivity index (χ1v) is 35.1. The van der Waals surface area contributed by atoms with Crippen LogP contribution in [0.1, 0.15) is 283 Å². The summed E-state index contributed by atoms with van der Waals surface area (Å²) in [5.74, 6) is -3.46. The fourth-order valence-corrected chi connectivity index (χ4v) is 16.2. The molecule has 0 fully saturated rings. The molecule has 1 radical (unpaired) electrons. The molecule has 1 N–H and O–H groups in total. The molecule has 12 heteroatoms. The quantitative estimate of drug-likeness (QED) is 0.0199. The largest absolute Gasteiger partial charge is 0.506 e. The fraction of sp³-hybridized carbons (Fsp3) is 0.778. The summed E-state index contributed by atoms with van der Waals surface area (Å²) in [6.07, 6.45) is 48.5. The van der Waals surface area contributed by atoms with Gasteiger partial charge in [0.2, 0.25) is 0 Å². The van der Waals surface area contributed by atoms with Crippen LogP contribution in [0.2, 0.25) is 0 Å². The van der Waals surface area contributed by atoms with E-state index in [0.717, 1.165) is 37.0 Å². The zero-order valence-electron chi connectivity index (χ0n) is 48.6. The Hall–Kier alpha value is -0.786. The minimum Gasteiger partial charge on any atom is -0.506 e. The van der Waals surface area contributed by atoms with Gasteiger partial charge in [-0.3, -0.25) is 4.79 Å². The van der Waals surface area contributed by atoms with E-state index in [-0.39, 0.29) is 60.3 Å². The number of Topliss-reactive ketones (excluding diaryl/α,β-unsaturated/α-hetero) is 1. The SMILES string of the molecule is CCCCCCCCP(=O)(CCCCCCCC)CCCCCCCC.CCCCCCCCP(=O)(CCCCCCCC)CCCCCCCC.O=C(c1c(O)c2c(ccc3ccccc32)oc1=O)C(F)(F)F.[Eu]. The molecule has 0 saturated heterocycles. The monoisotopic (exact) mass is 1230 g/mol. The van der Waals surface area contributed by atoms with Crippen LogP contribution in [-0.4, -0.2) is 54.0 Å². The van der Waals surface area contributed by atoms with Crippen LogP contribution in [0.15, 0.2) is 45.6 Å². The van der Waals surface area contributed by atoms with Crippen molar-refractivity contribution in [1.29, 1.82) is 0 Å². The molecule has 0 saturated carbocycles. The molecule has 2 aromatic carbocycles. The molecule has 6 nitrogen and oxygen atoms in total. The summed E-state index contributed by atoms with van der Waals surface area (Å²) in [5.41, 5.74) is -3.03. The van der Waals surface area contributed by atoms with Crippen LogP contribution in [0.3, 0.4) is 0 Å². The van der Waals surface area contributed by atoms with E-state index in [1.54, 1.807) is 30.3 Å². The maximum Gasteiger partial charge on any atom is 0.455 e. The van der Waals surface area contributed by atoms with Gasteiger partial charge in [0.05, 0.1) is 19.7 Å². The third kappa shape index (κ3) is 34.9. The molecular weight excluding hydrogens is 1120 g/mol. The van der Waals surface area contributed by atoms with Gasteiger partial charge in [0.1, 0.15) is 11.3 Å². The minimum absolute atomic E-state index is 0. The van der Waals surface area contributed by atoms with Gasteiger partial charge >= 0.3 is 11.8 Å². The molecule has 1 aromatic heterocycles. The van der Waals surface area contributed by atoms with E-state index in [0.29, 0.717) is 10.8 Å². The number of carbonyl (C=O) groups is 1. The van der Waals surface area contributed by atoms with Gasteiger partial charge in [0.15, 0.2) is 5.56 Å². The molecular formula is C63H109EuF3O6P2. The number of unbranched alkanes of at least 4 members (excludes halogenated alkanes) is 30. The second-order valence-corrected chi connectivity index (χ2v) is 28.6. The summed E-state index contributed by atoms with van der Waals surface area (Å²) in [7, 11) is -3.77. The number of hydrogen-bond donors (Lipinski definition) is 1. The van der Waals surface area contributed by atoms with Crippen molar-refractivity contribution in [3.63, 3.8) is 0 Å². The Morgan fingerprint density at radius 3 is 1.03 bits per heavy atom. The van der Waals surface area contributed by atoms with Gasteiger partial charge in [-0.25, -0.2) is 4.79 Å². The average Bonchev–Trinajstić information content (AvgIpc) is 3.38. The topological polar surface area (TPSA) is 102 Å². The third-order valence-electron chi connectivity index (χ3n) is 14.8. The number of carbonyl (C=O) groups excluding carboxylic acids is 1. The Morgan fingerprint density at radius 2 is 0.733 bits per heavy atom. The van der Waals surface area contributed by atoms with E-state index < -0.39 is 43.2 Å². The van der Waals surface area contributed by atoms with E-state index in [1.807, 2.05) is 0 Å².